The molecule has 2 heteroatoms. The molecule has 0 N–H and O–H groups in total. The summed E-state index contributed by atoms with van der Waals surface area (Å²) in [5, 5.41) is 0. The molecule has 2 unspecified atom stereocenters. The Bertz CT molecular complexity index is 255. The van der Waals surface area contributed by atoms with Crippen molar-refractivity contribution in [3.8, 4) is 0 Å². The van der Waals surface area contributed by atoms with E-state index in [1.165, 1.54) is 0 Å². The Hall–Kier alpha value is -0.0800. The minimum absolute atomic E-state index is 0.155. The summed E-state index contributed by atoms with van der Waals surface area (Å²) < 4.78 is 5.90. The van der Waals surface area contributed by atoms with Crippen LogP contribution in [0.15, 0.2) is 0 Å². The molecule has 0 amide bonds. The summed E-state index contributed by atoms with van der Waals surface area (Å²) in [5.41, 5.74) is 0.707. The highest BCUT2D eigenvalue weighted by Crippen LogP contribution is 2.43. The zero-order valence-corrected chi connectivity index (χ0v) is 13.9. The third kappa shape index (κ3) is 3.48. The maximum Gasteiger partial charge on any atom is 0.0997 e. The lowest BCUT2D eigenvalue weighted by atomic mass is 9.67. The van der Waals surface area contributed by atoms with Crippen LogP contribution >= 0.6 is 0 Å². The van der Waals surface area contributed by atoms with E-state index >= 15 is 0 Å². The summed E-state index contributed by atoms with van der Waals surface area (Å²) in [6, 6.07) is 0.561. The van der Waals surface area contributed by atoms with E-state index in [2.05, 4.69) is 67.2 Å². The minimum Gasteiger partial charge on any atom is -0.366 e. The first-order valence-corrected chi connectivity index (χ1v) is 7.19. The molecule has 1 rings (SSSR count). The van der Waals surface area contributed by atoms with Gasteiger partial charge < -0.3 is 4.74 Å². The van der Waals surface area contributed by atoms with Gasteiger partial charge >= 0.3 is 0 Å². The Morgan fingerprint density at radius 3 is 1.67 bits per heavy atom. The molecule has 0 aromatic rings. The first-order valence-electron chi connectivity index (χ1n) is 7.19. The summed E-state index contributed by atoms with van der Waals surface area (Å²) in [6.07, 6.45) is 0. The fourth-order valence-electron chi connectivity index (χ4n) is 3.07. The van der Waals surface area contributed by atoms with Crippen LogP contribution in [0.1, 0.15) is 62.3 Å². The van der Waals surface area contributed by atoms with Crippen LogP contribution in [0.2, 0.25) is 0 Å². The Balaban J connectivity index is 3.14. The molecule has 1 aliphatic heterocycles. The van der Waals surface area contributed by atoms with Gasteiger partial charge in [-0.3, -0.25) is 4.90 Å². The normalized spacial score (nSPS) is 28.5. The van der Waals surface area contributed by atoms with Crippen LogP contribution in [0.3, 0.4) is 0 Å². The van der Waals surface area contributed by atoms with Crippen molar-refractivity contribution < 1.29 is 4.74 Å². The van der Waals surface area contributed by atoms with Gasteiger partial charge in [-0.05, 0) is 31.6 Å². The lowest BCUT2D eigenvalue weighted by molar-refractivity contribution is -0.170. The van der Waals surface area contributed by atoms with Gasteiger partial charge in [0.25, 0.3) is 0 Å². The Morgan fingerprint density at radius 2 is 1.33 bits per heavy atom. The molecule has 0 radical (unpaired) electrons. The largest absolute Gasteiger partial charge is 0.366 e. The van der Waals surface area contributed by atoms with Crippen LogP contribution in [0, 0.1) is 16.7 Å². The van der Waals surface area contributed by atoms with Gasteiger partial charge in [0.15, 0.2) is 0 Å². The van der Waals surface area contributed by atoms with Gasteiger partial charge in [0.1, 0.15) is 0 Å². The van der Waals surface area contributed by atoms with Crippen LogP contribution in [-0.2, 0) is 4.74 Å². The molecule has 0 saturated carbocycles. The average Bonchev–Trinajstić information content (AvgIpc) is 2.12. The number of ether oxygens (including phenoxy) is 1. The maximum absolute atomic E-state index is 5.90. The van der Waals surface area contributed by atoms with Crippen molar-refractivity contribution in [1.82, 2.24) is 4.90 Å². The molecule has 1 heterocycles. The lowest BCUT2D eigenvalue weighted by Gasteiger charge is -2.56. The first kappa shape index (κ1) is 16.0. The van der Waals surface area contributed by atoms with Gasteiger partial charge in [-0.2, -0.15) is 0 Å². The van der Waals surface area contributed by atoms with E-state index in [0.717, 1.165) is 13.3 Å². The summed E-state index contributed by atoms with van der Waals surface area (Å²) in [5.74, 6) is 0.575. The van der Waals surface area contributed by atoms with Crippen LogP contribution in [0.5, 0.6) is 0 Å². The van der Waals surface area contributed by atoms with Gasteiger partial charge in [-0.15, -0.1) is 0 Å². The van der Waals surface area contributed by atoms with Crippen molar-refractivity contribution in [2.75, 3.05) is 13.3 Å². The zero-order chi connectivity index (χ0) is 14.4. The fraction of sp³-hybridized carbons (Fsp3) is 1.00. The van der Waals surface area contributed by atoms with Crippen LogP contribution < -0.4 is 0 Å². The second kappa shape index (κ2) is 4.79. The Morgan fingerprint density at radius 1 is 0.833 bits per heavy atom. The van der Waals surface area contributed by atoms with Crippen molar-refractivity contribution in [3.05, 3.63) is 0 Å². The third-order valence-electron chi connectivity index (χ3n) is 4.11. The molecule has 0 aromatic heterocycles. The molecule has 1 fully saturated rings. The minimum atomic E-state index is 0.155. The number of hydrogen-bond donors (Lipinski definition) is 0. The Labute approximate surface area is 114 Å². The number of rotatable bonds is 0. The maximum atomic E-state index is 5.90. The molecular weight excluding hydrogens is 222 g/mol. The van der Waals surface area contributed by atoms with E-state index in [1.807, 2.05) is 0 Å². The van der Waals surface area contributed by atoms with E-state index in [9.17, 15) is 0 Å². The second-order valence-corrected chi connectivity index (χ2v) is 8.92. The number of nitrogens with zero attached hydrogens (tertiary/aromatic N) is 1. The summed E-state index contributed by atoms with van der Waals surface area (Å²) >= 11 is 0. The fourth-order valence-corrected chi connectivity index (χ4v) is 3.07. The van der Waals surface area contributed by atoms with Gasteiger partial charge in [0.2, 0.25) is 0 Å². The topological polar surface area (TPSA) is 12.5 Å². The SMILES string of the molecule is CC(C)(C)C1COCN(C(C)(C)C)C1C(C)(C)C. The van der Waals surface area contributed by atoms with Crippen molar-refractivity contribution in [2.24, 2.45) is 16.7 Å². The van der Waals surface area contributed by atoms with E-state index in [-0.39, 0.29) is 16.4 Å². The van der Waals surface area contributed by atoms with Crippen LogP contribution in [0.4, 0.5) is 0 Å². The summed E-state index contributed by atoms with van der Waals surface area (Å²) in [6.45, 7) is 22.6. The van der Waals surface area contributed by atoms with Crippen molar-refractivity contribution >= 4 is 0 Å². The predicted molar refractivity (Wildman–Crippen MR) is 78.6 cm³/mol. The molecule has 0 aromatic carbocycles. The molecule has 0 bridgehead atoms. The van der Waals surface area contributed by atoms with Gasteiger partial charge in [0, 0.05) is 17.5 Å². The average molecular weight is 255 g/mol. The first-order chi connectivity index (χ1) is 7.85. The van der Waals surface area contributed by atoms with Crippen molar-refractivity contribution in [1.29, 1.82) is 0 Å². The predicted octanol–water partition coefficient (Wildman–Crippen LogP) is 4.15. The Kier molecular flexibility index (Phi) is 4.25. The summed E-state index contributed by atoms with van der Waals surface area (Å²) in [7, 11) is 0. The lowest BCUT2D eigenvalue weighted by Crippen LogP contribution is -2.62. The molecule has 108 valence electrons. The van der Waals surface area contributed by atoms with Crippen molar-refractivity contribution in [3.63, 3.8) is 0 Å². The molecule has 2 nitrogen and oxygen atoms in total. The highest BCUT2D eigenvalue weighted by Gasteiger charge is 2.47. The molecule has 0 aliphatic carbocycles. The van der Waals surface area contributed by atoms with E-state index in [1.54, 1.807) is 0 Å². The van der Waals surface area contributed by atoms with Gasteiger partial charge in [-0.25, -0.2) is 0 Å². The van der Waals surface area contributed by atoms with Crippen molar-refractivity contribution in [2.45, 2.75) is 73.9 Å². The zero-order valence-electron chi connectivity index (χ0n) is 13.9. The van der Waals surface area contributed by atoms with Crippen LogP contribution in [-0.4, -0.2) is 29.8 Å². The molecule has 1 saturated heterocycles. The smallest absolute Gasteiger partial charge is 0.0997 e. The monoisotopic (exact) mass is 255 g/mol. The van der Waals surface area contributed by atoms with E-state index in [0.29, 0.717) is 12.0 Å². The van der Waals surface area contributed by atoms with Gasteiger partial charge in [-0.1, -0.05) is 41.5 Å². The molecule has 2 atom stereocenters. The van der Waals surface area contributed by atoms with E-state index in [4.69, 9.17) is 4.74 Å². The number of hydrogen-bond acceptors (Lipinski definition) is 2. The second-order valence-electron chi connectivity index (χ2n) is 8.92. The molecule has 0 spiro atoms. The standard InChI is InChI=1S/C16H33NO/c1-14(2,3)12-10-18-11-17(16(7,8)9)13(12)15(4,5)6/h12-13H,10-11H2,1-9H3. The molecule has 1 aliphatic rings. The van der Waals surface area contributed by atoms with Crippen LogP contribution in [0.25, 0.3) is 0 Å². The summed E-state index contributed by atoms with van der Waals surface area (Å²) in [4.78, 5) is 2.55. The highest BCUT2D eigenvalue weighted by molar-refractivity contribution is 4.98. The van der Waals surface area contributed by atoms with E-state index < -0.39 is 0 Å². The quantitative estimate of drug-likeness (QED) is 0.644. The molecular formula is C16H33NO. The highest BCUT2D eigenvalue weighted by atomic mass is 16.5. The third-order valence-corrected chi connectivity index (χ3v) is 4.11. The molecule has 18 heavy (non-hydrogen) atoms. The van der Waals surface area contributed by atoms with Gasteiger partial charge in [0.05, 0.1) is 13.3 Å².